The molecular weight excluding hydrogens is 330 g/mol. The molecule has 130 valence electrons. The molecule has 6 nitrogen and oxygen atoms in total. The summed E-state index contributed by atoms with van der Waals surface area (Å²) in [5.41, 5.74) is 0.836. The number of ether oxygens (including phenoxy) is 2. The Balaban J connectivity index is 1.70. The highest BCUT2D eigenvalue weighted by Gasteiger charge is 2.33. The second kappa shape index (κ2) is 6.84. The average Bonchev–Trinajstić information content (AvgIpc) is 2.93. The molecule has 3 rings (SSSR count). The van der Waals surface area contributed by atoms with E-state index in [0.717, 1.165) is 5.56 Å². The van der Waals surface area contributed by atoms with Crippen LogP contribution in [0.3, 0.4) is 0 Å². The molecule has 0 aromatic heterocycles. The summed E-state index contributed by atoms with van der Waals surface area (Å²) in [7, 11) is -3.01. The smallest absolute Gasteiger partial charge is 0.246 e. The van der Waals surface area contributed by atoms with Gasteiger partial charge in [0.2, 0.25) is 5.91 Å². The number of benzene rings is 1. The van der Waals surface area contributed by atoms with Gasteiger partial charge in [0.1, 0.15) is 13.2 Å². The Morgan fingerprint density at radius 2 is 2.04 bits per heavy atom. The first kappa shape index (κ1) is 16.8. The Morgan fingerprint density at radius 1 is 1.29 bits per heavy atom. The highest BCUT2D eigenvalue weighted by molar-refractivity contribution is 7.91. The van der Waals surface area contributed by atoms with Gasteiger partial charge in [-0.2, -0.15) is 0 Å². The van der Waals surface area contributed by atoms with Crippen molar-refractivity contribution >= 4 is 21.8 Å². The molecule has 2 heterocycles. The third-order valence-electron chi connectivity index (χ3n) is 4.26. The van der Waals surface area contributed by atoms with Crippen molar-refractivity contribution in [3.8, 4) is 11.5 Å². The maximum Gasteiger partial charge on any atom is 0.246 e. The summed E-state index contributed by atoms with van der Waals surface area (Å²) in [6.45, 7) is 3.40. The van der Waals surface area contributed by atoms with Crippen LogP contribution in [0.1, 0.15) is 18.9 Å². The average molecular weight is 351 g/mol. The number of sulfone groups is 1. The van der Waals surface area contributed by atoms with E-state index in [4.69, 9.17) is 9.47 Å². The van der Waals surface area contributed by atoms with Crippen molar-refractivity contribution in [2.75, 3.05) is 31.3 Å². The molecule has 1 aromatic rings. The van der Waals surface area contributed by atoms with Gasteiger partial charge < -0.3 is 14.4 Å². The first-order valence-corrected chi connectivity index (χ1v) is 9.89. The summed E-state index contributed by atoms with van der Waals surface area (Å²) in [6.07, 6.45) is 3.71. The largest absolute Gasteiger partial charge is 0.486 e. The van der Waals surface area contributed by atoms with Crippen LogP contribution in [0, 0.1) is 0 Å². The maximum atomic E-state index is 12.4. The SMILES string of the molecule is CCN(C(=O)/C=C/c1ccc2c(c1)OCCO2)[C@@H]1CCS(=O)(=O)C1. The van der Waals surface area contributed by atoms with Crippen LogP contribution in [0.2, 0.25) is 0 Å². The molecule has 0 unspecified atom stereocenters. The molecule has 2 aliphatic heterocycles. The summed E-state index contributed by atoms with van der Waals surface area (Å²) in [6, 6.07) is 5.28. The Morgan fingerprint density at radius 3 is 2.71 bits per heavy atom. The minimum Gasteiger partial charge on any atom is -0.486 e. The number of likely N-dealkylation sites (N-methyl/N-ethyl adjacent to an activating group) is 1. The van der Waals surface area contributed by atoms with Crippen LogP contribution in [-0.2, 0) is 14.6 Å². The number of carbonyl (C=O) groups excluding carboxylic acids is 1. The predicted molar refractivity (Wildman–Crippen MR) is 90.9 cm³/mol. The van der Waals surface area contributed by atoms with Gasteiger partial charge in [0.05, 0.1) is 11.5 Å². The number of hydrogen-bond acceptors (Lipinski definition) is 5. The first-order chi connectivity index (χ1) is 11.5. The molecule has 2 aliphatic rings. The zero-order valence-electron chi connectivity index (χ0n) is 13.6. The van der Waals surface area contributed by atoms with Gasteiger partial charge in [-0.25, -0.2) is 8.42 Å². The Labute approximate surface area is 142 Å². The normalized spacial score (nSPS) is 21.8. The molecule has 7 heteroatoms. The summed E-state index contributed by atoms with van der Waals surface area (Å²) in [5.74, 6) is 1.42. The molecule has 1 atom stereocenters. The van der Waals surface area contributed by atoms with Crippen LogP contribution in [-0.4, -0.2) is 56.5 Å². The molecule has 0 radical (unpaired) electrons. The second-order valence-corrected chi connectivity index (χ2v) is 8.15. The van der Waals surface area contributed by atoms with Crippen molar-refractivity contribution in [3.63, 3.8) is 0 Å². The number of rotatable bonds is 4. The molecule has 0 spiro atoms. The highest BCUT2D eigenvalue weighted by atomic mass is 32.2. The summed E-state index contributed by atoms with van der Waals surface area (Å²) in [5, 5.41) is 0. The minimum atomic E-state index is -3.01. The van der Waals surface area contributed by atoms with E-state index in [1.165, 1.54) is 6.08 Å². The van der Waals surface area contributed by atoms with Crippen LogP contribution >= 0.6 is 0 Å². The van der Waals surface area contributed by atoms with Crippen LogP contribution in [0.15, 0.2) is 24.3 Å². The van der Waals surface area contributed by atoms with Crippen LogP contribution in [0.5, 0.6) is 11.5 Å². The van der Waals surface area contributed by atoms with Crippen LogP contribution in [0.4, 0.5) is 0 Å². The van der Waals surface area contributed by atoms with Crippen molar-refractivity contribution in [2.24, 2.45) is 0 Å². The van der Waals surface area contributed by atoms with Crippen LogP contribution < -0.4 is 9.47 Å². The molecule has 1 fully saturated rings. The van der Waals surface area contributed by atoms with Gasteiger partial charge in [0.15, 0.2) is 21.3 Å². The lowest BCUT2D eigenvalue weighted by atomic mass is 10.1. The Hall–Kier alpha value is -2.02. The molecule has 0 bridgehead atoms. The fourth-order valence-electron chi connectivity index (χ4n) is 3.04. The Kier molecular flexibility index (Phi) is 4.80. The second-order valence-electron chi connectivity index (χ2n) is 5.92. The van der Waals surface area contributed by atoms with E-state index in [2.05, 4.69) is 0 Å². The zero-order chi connectivity index (χ0) is 17.2. The summed E-state index contributed by atoms with van der Waals surface area (Å²) in [4.78, 5) is 14.0. The van der Waals surface area contributed by atoms with Gasteiger partial charge in [-0.05, 0) is 37.1 Å². The third kappa shape index (κ3) is 3.72. The lowest BCUT2D eigenvalue weighted by Gasteiger charge is -2.25. The quantitative estimate of drug-likeness (QED) is 0.769. The van der Waals surface area contributed by atoms with E-state index < -0.39 is 9.84 Å². The molecule has 24 heavy (non-hydrogen) atoms. The van der Waals surface area contributed by atoms with E-state index in [0.29, 0.717) is 37.7 Å². The number of carbonyl (C=O) groups is 1. The zero-order valence-corrected chi connectivity index (χ0v) is 14.4. The fraction of sp³-hybridized carbons (Fsp3) is 0.471. The summed E-state index contributed by atoms with van der Waals surface area (Å²) >= 11 is 0. The topological polar surface area (TPSA) is 72.9 Å². The van der Waals surface area contributed by atoms with Gasteiger partial charge in [-0.3, -0.25) is 4.79 Å². The van der Waals surface area contributed by atoms with Gasteiger partial charge in [-0.1, -0.05) is 6.07 Å². The molecular formula is C17H21NO5S. The highest BCUT2D eigenvalue weighted by Crippen LogP contribution is 2.31. The predicted octanol–water partition coefficient (Wildman–Crippen LogP) is 1.51. The van der Waals surface area contributed by atoms with Gasteiger partial charge in [0.25, 0.3) is 0 Å². The lowest BCUT2D eigenvalue weighted by Crippen LogP contribution is -2.40. The first-order valence-electron chi connectivity index (χ1n) is 8.07. The van der Waals surface area contributed by atoms with Crippen molar-refractivity contribution in [1.29, 1.82) is 0 Å². The van der Waals surface area contributed by atoms with Gasteiger partial charge in [-0.15, -0.1) is 0 Å². The van der Waals surface area contributed by atoms with Crippen molar-refractivity contribution < 1.29 is 22.7 Å². The Bertz CT molecular complexity index is 756. The van der Waals surface area contributed by atoms with Crippen molar-refractivity contribution in [2.45, 2.75) is 19.4 Å². The van der Waals surface area contributed by atoms with E-state index in [9.17, 15) is 13.2 Å². The molecule has 1 amide bonds. The number of hydrogen-bond donors (Lipinski definition) is 0. The molecule has 1 saturated heterocycles. The van der Waals surface area contributed by atoms with E-state index in [-0.39, 0.29) is 23.5 Å². The molecule has 0 saturated carbocycles. The van der Waals surface area contributed by atoms with E-state index in [1.54, 1.807) is 11.0 Å². The summed E-state index contributed by atoms with van der Waals surface area (Å²) < 4.78 is 34.2. The monoisotopic (exact) mass is 351 g/mol. The van der Waals surface area contributed by atoms with E-state index in [1.807, 2.05) is 25.1 Å². The fourth-order valence-corrected chi connectivity index (χ4v) is 4.77. The standard InChI is InChI=1S/C17H21NO5S/c1-2-18(14-7-10-24(20,21)12-14)17(19)6-4-13-3-5-15-16(11-13)23-9-8-22-15/h3-6,11,14H,2,7-10,12H2,1H3/b6-4+/t14-/m1/s1. The lowest BCUT2D eigenvalue weighted by molar-refractivity contribution is -0.127. The van der Waals surface area contributed by atoms with Crippen molar-refractivity contribution in [1.82, 2.24) is 4.90 Å². The number of fused-ring (bicyclic) bond motifs is 1. The number of amides is 1. The molecule has 0 N–H and O–H groups in total. The van der Waals surface area contributed by atoms with Crippen molar-refractivity contribution in [3.05, 3.63) is 29.8 Å². The van der Waals surface area contributed by atoms with Crippen LogP contribution in [0.25, 0.3) is 6.08 Å². The van der Waals surface area contributed by atoms with Gasteiger partial charge >= 0.3 is 0 Å². The molecule has 1 aromatic carbocycles. The number of nitrogens with zero attached hydrogens (tertiary/aromatic N) is 1. The van der Waals surface area contributed by atoms with Gasteiger partial charge in [0, 0.05) is 18.7 Å². The minimum absolute atomic E-state index is 0.0600. The third-order valence-corrected chi connectivity index (χ3v) is 6.01. The molecule has 0 aliphatic carbocycles. The maximum absolute atomic E-state index is 12.4. The van der Waals surface area contributed by atoms with E-state index >= 15 is 0 Å².